The fourth-order valence-corrected chi connectivity index (χ4v) is 5.11. The van der Waals surface area contributed by atoms with Crippen LogP contribution in [-0.2, 0) is 32.5 Å². The third-order valence-corrected chi connectivity index (χ3v) is 7.39. The molecule has 1 atom stereocenters. The van der Waals surface area contributed by atoms with Gasteiger partial charge in [0.05, 0.1) is 17.2 Å². The molecule has 0 amide bonds. The minimum absolute atomic E-state index is 0.0734. The summed E-state index contributed by atoms with van der Waals surface area (Å²) in [6.07, 6.45) is -2.94. The number of carbonyl (C=O) groups excluding carboxylic acids is 2. The van der Waals surface area contributed by atoms with Crippen molar-refractivity contribution in [2.45, 2.75) is 38.1 Å². The Balaban J connectivity index is 1.91. The standard InChI is InChI=1S/C19H22F3N5O4S2/c1-18(2)17(14(29)9-28)27(16-7-13(10-32-16)19(20,21)22)11-26(18)8-12-4-5-24-15(6-12)25-33(30,31)23-3/h4-7,9-10,17,23H,8,11H2,1-3H3,(H,24,25). The predicted molar refractivity (Wildman–Crippen MR) is 117 cm³/mol. The van der Waals surface area contributed by atoms with Crippen molar-refractivity contribution < 1.29 is 31.2 Å². The Morgan fingerprint density at radius 3 is 2.64 bits per heavy atom. The van der Waals surface area contributed by atoms with Gasteiger partial charge < -0.3 is 4.90 Å². The lowest BCUT2D eigenvalue weighted by molar-refractivity contribution is -0.137. The first-order valence-electron chi connectivity index (χ1n) is 9.61. The van der Waals surface area contributed by atoms with Crippen molar-refractivity contribution in [1.82, 2.24) is 14.6 Å². The second kappa shape index (κ2) is 9.00. The third-order valence-electron chi connectivity index (χ3n) is 5.41. The van der Waals surface area contributed by atoms with Gasteiger partial charge in [0, 0.05) is 30.7 Å². The van der Waals surface area contributed by atoms with Crippen molar-refractivity contribution in [3.63, 3.8) is 0 Å². The van der Waals surface area contributed by atoms with E-state index in [1.54, 1.807) is 19.9 Å². The molecule has 1 fully saturated rings. The average Bonchev–Trinajstić information content (AvgIpc) is 3.31. The van der Waals surface area contributed by atoms with Gasteiger partial charge in [0.2, 0.25) is 5.78 Å². The first kappa shape index (κ1) is 25.1. The van der Waals surface area contributed by atoms with Gasteiger partial charge >= 0.3 is 6.18 Å². The zero-order valence-corrected chi connectivity index (χ0v) is 19.5. The summed E-state index contributed by atoms with van der Waals surface area (Å²) in [6.45, 7) is 3.75. The number of carbonyl (C=O) groups is 2. The van der Waals surface area contributed by atoms with Gasteiger partial charge in [-0.15, -0.1) is 11.3 Å². The fourth-order valence-electron chi connectivity index (χ4n) is 3.68. The van der Waals surface area contributed by atoms with Crippen LogP contribution >= 0.6 is 11.3 Å². The van der Waals surface area contributed by atoms with Gasteiger partial charge in [-0.3, -0.25) is 19.2 Å². The zero-order chi connectivity index (χ0) is 24.6. The third kappa shape index (κ3) is 5.34. The molecule has 14 heteroatoms. The molecule has 1 saturated heterocycles. The number of rotatable bonds is 8. The molecule has 9 nitrogen and oxygen atoms in total. The number of halogens is 3. The van der Waals surface area contributed by atoms with E-state index in [1.165, 1.54) is 24.2 Å². The number of aromatic nitrogens is 1. The monoisotopic (exact) mass is 505 g/mol. The van der Waals surface area contributed by atoms with E-state index in [0.29, 0.717) is 5.56 Å². The summed E-state index contributed by atoms with van der Waals surface area (Å²) in [7, 11) is -2.53. The molecule has 1 aliphatic rings. The zero-order valence-electron chi connectivity index (χ0n) is 17.9. The van der Waals surface area contributed by atoms with E-state index in [0.717, 1.165) is 22.8 Å². The molecule has 0 radical (unpaired) electrons. The van der Waals surface area contributed by atoms with Crippen molar-refractivity contribution in [2.24, 2.45) is 0 Å². The molecule has 180 valence electrons. The van der Waals surface area contributed by atoms with Gasteiger partial charge in [-0.1, -0.05) is 0 Å². The topological polar surface area (TPSA) is 112 Å². The van der Waals surface area contributed by atoms with Gasteiger partial charge in [0.25, 0.3) is 10.2 Å². The highest BCUT2D eigenvalue weighted by molar-refractivity contribution is 7.90. The van der Waals surface area contributed by atoms with E-state index in [1.807, 2.05) is 4.90 Å². The van der Waals surface area contributed by atoms with E-state index in [-0.39, 0.29) is 30.3 Å². The SMILES string of the molecule is CNS(=O)(=O)Nc1cc(CN2CN(c3cc(C(F)(F)F)cs3)C(C(=O)C=O)C2(C)C)ccn1. The van der Waals surface area contributed by atoms with Crippen LogP contribution in [0.2, 0.25) is 0 Å². The van der Waals surface area contributed by atoms with Crippen LogP contribution < -0.4 is 14.3 Å². The number of nitrogens with one attached hydrogen (secondary N) is 2. The smallest absolute Gasteiger partial charge is 0.338 e. The van der Waals surface area contributed by atoms with Gasteiger partial charge in [0.1, 0.15) is 11.9 Å². The maximum atomic E-state index is 13.1. The van der Waals surface area contributed by atoms with Crippen molar-refractivity contribution >= 4 is 44.4 Å². The van der Waals surface area contributed by atoms with E-state index in [4.69, 9.17) is 0 Å². The number of alkyl halides is 3. The highest BCUT2D eigenvalue weighted by Crippen LogP contribution is 2.42. The van der Waals surface area contributed by atoms with Gasteiger partial charge in [0.15, 0.2) is 6.29 Å². The molecule has 0 bridgehead atoms. The molecule has 2 aromatic heterocycles. The highest BCUT2D eigenvalue weighted by Gasteiger charge is 2.50. The summed E-state index contributed by atoms with van der Waals surface area (Å²) in [5.41, 5.74) is -1.10. The van der Waals surface area contributed by atoms with Crippen LogP contribution in [0.5, 0.6) is 0 Å². The molecule has 3 rings (SSSR count). The summed E-state index contributed by atoms with van der Waals surface area (Å²) in [5, 5.41) is 1.19. The molecule has 1 aliphatic heterocycles. The Kier molecular flexibility index (Phi) is 6.84. The number of nitrogens with zero attached hydrogens (tertiary/aromatic N) is 3. The quantitative estimate of drug-likeness (QED) is 0.418. The lowest BCUT2D eigenvalue weighted by atomic mass is 9.91. The first-order valence-corrected chi connectivity index (χ1v) is 12.0. The van der Waals surface area contributed by atoms with Crippen LogP contribution in [0.25, 0.3) is 0 Å². The van der Waals surface area contributed by atoms with Crippen LogP contribution in [0.4, 0.5) is 24.0 Å². The molecule has 0 saturated carbocycles. The van der Waals surface area contributed by atoms with Crippen LogP contribution in [0.3, 0.4) is 0 Å². The van der Waals surface area contributed by atoms with Crippen LogP contribution in [0.15, 0.2) is 29.8 Å². The number of pyridine rings is 1. The Hall–Kier alpha value is -2.55. The largest absolute Gasteiger partial charge is 0.417 e. The number of anilines is 2. The van der Waals surface area contributed by atoms with Crippen molar-refractivity contribution in [2.75, 3.05) is 23.3 Å². The number of thiophene rings is 1. The van der Waals surface area contributed by atoms with E-state index in [2.05, 4.69) is 14.4 Å². The first-order chi connectivity index (χ1) is 15.3. The van der Waals surface area contributed by atoms with Crippen molar-refractivity contribution in [1.29, 1.82) is 0 Å². The molecule has 1 unspecified atom stereocenters. The molecule has 2 aromatic rings. The number of aldehydes is 1. The fraction of sp³-hybridized carbons (Fsp3) is 0.421. The van der Waals surface area contributed by atoms with E-state index >= 15 is 0 Å². The molecular weight excluding hydrogens is 483 g/mol. The molecular formula is C19H22F3N5O4S2. The van der Waals surface area contributed by atoms with Gasteiger partial charge in [-0.2, -0.15) is 21.6 Å². The second-order valence-corrected chi connectivity index (χ2v) is 10.4. The lowest BCUT2D eigenvalue weighted by Gasteiger charge is -2.34. The van der Waals surface area contributed by atoms with Gasteiger partial charge in [-0.05, 0) is 37.6 Å². The van der Waals surface area contributed by atoms with Gasteiger partial charge in [-0.25, -0.2) is 9.71 Å². The second-order valence-electron chi connectivity index (χ2n) is 7.92. The molecule has 0 aromatic carbocycles. The molecule has 0 aliphatic carbocycles. The Morgan fingerprint density at radius 1 is 1.36 bits per heavy atom. The summed E-state index contributed by atoms with van der Waals surface area (Å²) in [4.78, 5) is 31.1. The number of hydrogen-bond donors (Lipinski definition) is 2. The maximum Gasteiger partial charge on any atom is 0.417 e. The minimum Gasteiger partial charge on any atom is -0.338 e. The summed E-state index contributed by atoms with van der Waals surface area (Å²) >= 11 is 0.843. The summed E-state index contributed by atoms with van der Waals surface area (Å²) in [5.74, 6) is -0.675. The molecule has 2 N–H and O–H groups in total. The van der Waals surface area contributed by atoms with E-state index in [9.17, 15) is 31.2 Å². The van der Waals surface area contributed by atoms with Crippen molar-refractivity contribution in [3.8, 4) is 0 Å². The summed E-state index contributed by atoms with van der Waals surface area (Å²) in [6, 6.07) is 3.13. The Morgan fingerprint density at radius 2 is 2.06 bits per heavy atom. The van der Waals surface area contributed by atoms with Crippen LogP contribution in [-0.4, -0.2) is 55.7 Å². The predicted octanol–water partition coefficient (Wildman–Crippen LogP) is 2.23. The summed E-state index contributed by atoms with van der Waals surface area (Å²) < 4.78 is 67.1. The van der Waals surface area contributed by atoms with E-state index < -0.39 is 39.3 Å². The number of ketones is 1. The van der Waals surface area contributed by atoms with Crippen LogP contribution in [0.1, 0.15) is 25.0 Å². The molecule has 3 heterocycles. The minimum atomic E-state index is -4.53. The Labute approximate surface area is 192 Å². The van der Waals surface area contributed by atoms with Crippen molar-refractivity contribution in [3.05, 3.63) is 40.9 Å². The normalized spacial score (nSPS) is 19.0. The molecule has 0 spiro atoms. The number of hydrogen-bond acceptors (Lipinski definition) is 8. The Bertz CT molecular complexity index is 1150. The molecule has 33 heavy (non-hydrogen) atoms. The van der Waals surface area contributed by atoms with Crippen LogP contribution in [0, 0.1) is 0 Å². The lowest BCUT2D eigenvalue weighted by Crippen LogP contribution is -2.51. The highest BCUT2D eigenvalue weighted by atomic mass is 32.2. The number of Topliss-reactive ketones (excluding diaryl/α,β-unsaturated/α-hetero) is 1. The average molecular weight is 506 g/mol. The maximum absolute atomic E-state index is 13.1.